The smallest absolute Gasteiger partial charge is 0.125 e. The van der Waals surface area contributed by atoms with Gasteiger partial charge in [0.2, 0.25) is 0 Å². The molecule has 1 N–H and O–H groups in total. The van der Waals surface area contributed by atoms with Crippen LogP contribution in [0.5, 0.6) is 5.75 Å². The zero-order valence-electron chi connectivity index (χ0n) is 10.8. The van der Waals surface area contributed by atoms with Crippen LogP contribution >= 0.6 is 27.5 Å². The fourth-order valence-electron chi connectivity index (χ4n) is 1.85. The molecule has 0 saturated heterocycles. The minimum Gasteiger partial charge on any atom is -0.496 e. The number of methoxy groups -OCH3 is 1. The van der Waals surface area contributed by atoms with Crippen molar-refractivity contribution < 1.29 is 4.74 Å². The Bertz CT molecular complexity index is 586. The second kappa shape index (κ2) is 6.31. The average molecular weight is 341 g/mol. The normalized spacial score (nSPS) is 10.3. The first-order valence-corrected chi connectivity index (χ1v) is 7.10. The predicted molar refractivity (Wildman–Crippen MR) is 84.2 cm³/mol. The van der Waals surface area contributed by atoms with E-state index in [0.29, 0.717) is 11.6 Å². The van der Waals surface area contributed by atoms with Crippen LogP contribution in [0.3, 0.4) is 0 Å². The summed E-state index contributed by atoms with van der Waals surface area (Å²) >= 11 is 9.69. The molecule has 0 bridgehead atoms. The summed E-state index contributed by atoms with van der Waals surface area (Å²) in [6.07, 6.45) is 0. The molecule has 0 saturated carbocycles. The molecule has 0 aliphatic carbocycles. The maximum Gasteiger partial charge on any atom is 0.125 e. The quantitative estimate of drug-likeness (QED) is 0.842. The zero-order valence-corrected chi connectivity index (χ0v) is 13.2. The van der Waals surface area contributed by atoms with Gasteiger partial charge in [0.05, 0.1) is 7.11 Å². The second-order valence-electron chi connectivity index (χ2n) is 4.24. The van der Waals surface area contributed by atoms with Crippen LogP contribution in [0.25, 0.3) is 0 Å². The molecule has 2 aromatic rings. The van der Waals surface area contributed by atoms with Crippen LogP contribution in [0, 0.1) is 6.92 Å². The molecule has 100 valence electrons. The lowest BCUT2D eigenvalue weighted by molar-refractivity contribution is 0.410. The van der Waals surface area contributed by atoms with Crippen molar-refractivity contribution in [2.45, 2.75) is 13.5 Å². The zero-order chi connectivity index (χ0) is 13.8. The highest BCUT2D eigenvalue weighted by molar-refractivity contribution is 9.10. The summed E-state index contributed by atoms with van der Waals surface area (Å²) in [4.78, 5) is 0. The molecular formula is C15H15BrClNO. The fourth-order valence-corrected chi connectivity index (χ4v) is 2.33. The molecule has 2 rings (SSSR count). The third kappa shape index (κ3) is 3.43. The number of aryl methyl sites for hydroxylation is 1. The van der Waals surface area contributed by atoms with E-state index in [0.717, 1.165) is 21.5 Å². The van der Waals surface area contributed by atoms with E-state index >= 15 is 0 Å². The van der Waals surface area contributed by atoms with Crippen LogP contribution in [0.15, 0.2) is 40.9 Å². The maximum absolute atomic E-state index is 6.20. The van der Waals surface area contributed by atoms with Crippen molar-refractivity contribution in [3.8, 4) is 5.75 Å². The Balaban J connectivity index is 2.16. The topological polar surface area (TPSA) is 21.3 Å². The predicted octanol–water partition coefficient (Wildman–Crippen LogP) is 5.03. The first-order chi connectivity index (χ1) is 9.11. The van der Waals surface area contributed by atoms with Crippen LogP contribution in [0.4, 0.5) is 5.69 Å². The van der Waals surface area contributed by atoms with Gasteiger partial charge in [-0.1, -0.05) is 33.6 Å². The number of anilines is 1. The van der Waals surface area contributed by atoms with E-state index in [9.17, 15) is 0 Å². The van der Waals surface area contributed by atoms with Gasteiger partial charge in [0.1, 0.15) is 5.75 Å². The number of nitrogens with one attached hydrogen (secondary N) is 1. The molecule has 4 heteroatoms. The van der Waals surface area contributed by atoms with Gasteiger partial charge in [0.25, 0.3) is 0 Å². The summed E-state index contributed by atoms with van der Waals surface area (Å²) in [6, 6.07) is 11.8. The van der Waals surface area contributed by atoms with Crippen molar-refractivity contribution in [2.24, 2.45) is 0 Å². The van der Waals surface area contributed by atoms with Crippen LogP contribution in [0.1, 0.15) is 11.1 Å². The van der Waals surface area contributed by atoms with E-state index in [2.05, 4.69) is 34.2 Å². The van der Waals surface area contributed by atoms with Crippen molar-refractivity contribution in [3.05, 3.63) is 57.0 Å². The lowest BCUT2D eigenvalue weighted by atomic mass is 10.1. The Hall–Kier alpha value is -1.19. The van der Waals surface area contributed by atoms with Crippen LogP contribution < -0.4 is 10.1 Å². The first-order valence-electron chi connectivity index (χ1n) is 5.93. The molecule has 0 aliphatic rings. The van der Waals surface area contributed by atoms with E-state index < -0.39 is 0 Å². The molecule has 19 heavy (non-hydrogen) atoms. The minimum absolute atomic E-state index is 0.629. The molecule has 2 nitrogen and oxygen atoms in total. The molecule has 0 amide bonds. The van der Waals surface area contributed by atoms with Gasteiger partial charge in [0.15, 0.2) is 0 Å². The van der Waals surface area contributed by atoms with E-state index in [-0.39, 0.29) is 0 Å². The molecule has 0 radical (unpaired) electrons. The number of hydrogen-bond acceptors (Lipinski definition) is 2. The van der Waals surface area contributed by atoms with Crippen molar-refractivity contribution in [3.63, 3.8) is 0 Å². The van der Waals surface area contributed by atoms with Crippen molar-refractivity contribution in [2.75, 3.05) is 12.4 Å². The van der Waals surface area contributed by atoms with Crippen LogP contribution in [0.2, 0.25) is 5.02 Å². The van der Waals surface area contributed by atoms with E-state index in [1.165, 1.54) is 5.56 Å². The van der Waals surface area contributed by atoms with Gasteiger partial charge >= 0.3 is 0 Å². The Kier molecular flexibility index (Phi) is 4.72. The Morgan fingerprint density at radius 1 is 1.26 bits per heavy atom. The van der Waals surface area contributed by atoms with Crippen LogP contribution in [-0.4, -0.2) is 7.11 Å². The summed E-state index contributed by atoms with van der Waals surface area (Å²) < 4.78 is 6.43. The second-order valence-corrected chi connectivity index (χ2v) is 5.50. The van der Waals surface area contributed by atoms with Gasteiger partial charge in [-0.3, -0.25) is 0 Å². The molecule has 0 aromatic heterocycles. The van der Waals surface area contributed by atoms with Crippen LogP contribution in [-0.2, 0) is 6.54 Å². The minimum atomic E-state index is 0.629. The third-order valence-corrected chi connectivity index (χ3v) is 4.17. The highest BCUT2D eigenvalue weighted by atomic mass is 79.9. The molecule has 0 heterocycles. The Morgan fingerprint density at radius 3 is 2.74 bits per heavy atom. The number of halogens is 2. The van der Waals surface area contributed by atoms with Crippen molar-refractivity contribution >= 4 is 33.2 Å². The fraction of sp³-hybridized carbons (Fsp3) is 0.200. The summed E-state index contributed by atoms with van der Waals surface area (Å²) in [6.45, 7) is 2.69. The number of hydrogen-bond donors (Lipinski definition) is 1. The molecule has 0 aliphatic heterocycles. The number of rotatable bonds is 4. The standard InChI is InChI=1S/C15H15BrClNO/c1-10-8-11(6-7-13(10)16)18-9-12-14(17)4-3-5-15(12)19-2/h3-8,18H,9H2,1-2H3. The monoisotopic (exact) mass is 339 g/mol. The lowest BCUT2D eigenvalue weighted by Crippen LogP contribution is -2.02. The maximum atomic E-state index is 6.20. The lowest BCUT2D eigenvalue weighted by Gasteiger charge is -2.13. The Morgan fingerprint density at radius 2 is 2.05 bits per heavy atom. The molecule has 0 spiro atoms. The Labute approximate surface area is 126 Å². The van der Waals surface area contributed by atoms with Gasteiger partial charge in [-0.25, -0.2) is 0 Å². The first kappa shape index (κ1) is 14.2. The summed E-state index contributed by atoms with van der Waals surface area (Å²) in [5.74, 6) is 0.800. The van der Waals surface area contributed by atoms with Crippen molar-refractivity contribution in [1.82, 2.24) is 0 Å². The molecule has 0 fully saturated rings. The van der Waals surface area contributed by atoms with Crippen molar-refractivity contribution in [1.29, 1.82) is 0 Å². The van der Waals surface area contributed by atoms with Gasteiger partial charge in [0, 0.05) is 27.3 Å². The largest absolute Gasteiger partial charge is 0.496 e. The summed E-state index contributed by atoms with van der Waals surface area (Å²) in [5, 5.41) is 4.07. The van der Waals surface area contributed by atoms with E-state index in [4.69, 9.17) is 16.3 Å². The highest BCUT2D eigenvalue weighted by Crippen LogP contribution is 2.27. The summed E-state index contributed by atoms with van der Waals surface area (Å²) in [5.41, 5.74) is 3.21. The van der Waals surface area contributed by atoms with Gasteiger partial charge in [-0.15, -0.1) is 0 Å². The van der Waals surface area contributed by atoms with Gasteiger partial charge in [-0.2, -0.15) is 0 Å². The molecule has 0 atom stereocenters. The van der Waals surface area contributed by atoms with Gasteiger partial charge < -0.3 is 10.1 Å². The van der Waals surface area contributed by atoms with E-state index in [1.807, 2.05) is 30.3 Å². The third-order valence-electron chi connectivity index (χ3n) is 2.92. The molecule has 2 aromatic carbocycles. The number of ether oxygens (including phenoxy) is 1. The molecular weight excluding hydrogens is 326 g/mol. The average Bonchev–Trinajstić information content (AvgIpc) is 2.41. The van der Waals surface area contributed by atoms with Gasteiger partial charge in [-0.05, 0) is 42.8 Å². The summed E-state index contributed by atoms with van der Waals surface area (Å²) in [7, 11) is 1.65. The SMILES string of the molecule is COc1cccc(Cl)c1CNc1ccc(Br)c(C)c1. The number of benzene rings is 2. The highest BCUT2D eigenvalue weighted by Gasteiger charge is 2.07. The van der Waals surface area contributed by atoms with E-state index in [1.54, 1.807) is 7.11 Å². The molecule has 0 unspecified atom stereocenters.